The lowest BCUT2D eigenvalue weighted by atomic mass is 9.91. The predicted molar refractivity (Wildman–Crippen MR) is 125 cm³/mol. The van der Waals surface area contributed by atoms with Gasteiger partial charge in [0.05, 0.1) is 24.8 Å². The van der Waals surface area contributed by atoms with Crippen molar-refractivity contribution < 1.29 is 40.6 Å². The minimum absolute atomic E-state index is 0.143. The molecule has 0 bridgehead atoms. The van der Waals surface area contributed by atoms with Gasteiger partial charge in [-0.25, -0.2) is 4.79 Å². The van der Waals surface area contributed by atoms with Gasteiger partial charge in [0.1, 0.15) is 11.9 Å². The summed E-state index contributed by atoms with van der Waals surface area (Å²) in [6, 6.07) is 6.46. The summed E-state index contributed by atoms with van der Waals surface area (Å²) in [6.07, 6.45) is -9.69. The Hall–Kier alpha value is -3.14. The lowest BCUT2D eigenvalue weighted by Gasteiger charge is -2.26. The summed E-state index contributed by atoms with van der Waals surface area (Å²) in [5.41, 5.74) is -0.836. The van der Waals surface area contributed by atoms with E-state index in [0.717, 1.165) is 18.2 Å². The van der Waals surface area contributed by atoms with Gasteiger partial charge in [0.2, 0.25) is 0 Å². The van der Waals surface area contributed by atoms with Gasteiger partial charge in [-0.15, -0.1) is 0 Å². The number of halogens is 7. The third kappa shape index (κ3) is 5.16. The van der Waals surface area contributed by atoms with Crippen molar-refractivity contribution in [2.75, 3.05) is 7.11 Å². The Balaban J connectivity index is 1.79. The standard InChI is InChI=1S/C26H22ClF6NO3/c1-13(10-14(2)25(28,29)30)23-21-8-7-20(34(21)24(35)37-23)18-11-15(26(31,32)33)4-6-17(18)19-12-16(27)5-9-22(19)36-3/h4-6,9-12,20-21,23H,2,7-8H2,1,3H3. The zero-order valence-corrected chi connectivity index (χ0v) is 20.5. The van der Waals surface area contributed by atoms with Crippen molar-refractivity contribution in [3.63, 3.8) is 0 Å². The molecule has 0 aromatic heterocycles. The fraction of sp³-hybridized carbons (Fsp3) is 0.346. The number of fused-ring (bicyclic) bond motifs is 1. The van der Waals surface area contributed by atoms with Crippen LogP contribution in [0.2, 0.25) is 5.02 Å². The Morgan fingerprint density at radius 1 is 1.11 bits per heavy atom. The van der Waals surface area contributed by atoms with Crippen LogP contribution in [0.3, 0.4) is 0 Å². The van der Waals surface area contributed by atoms with Gasteiger partial charge in [0.25, 0.3) is 0 Å². The molecule has 0 aliphatic carbocycles. The van der Waals surface area contributed by atoms with E-state index in [4.69, 9.17) is 21.1 Å². The van der Waals surface area contributed by atoms with Crippen LogP contribution in [0, 0.1) is 0 Å². The molecule has 0 N–H and O–H groups in total. The Labute approximate surface area is 214 Å². The van der Waals surface area contributed by atoms with Crippen LogP contribution >= 0.6 is 11.6 Å². The number of amides is 1. The maximum atomic E-state index is 13.7. The SMILES string of the molecule is C=C(C=C(C)C1OC(=O)N2C(c3cc(C(F)(F)F)ccc3-c3cc(Cl)ccc3OC)CCC12)C(F)(F)F. The number of hydrogen-bond donors (Lipinski definition) is 0. The average Bonchev–Trinajstić information content (AvgIpc) is 3.38. The summed E-state index contributed by atoms with van der Waals surface area (Å²) in [6.45, 7) is 4.42. The normalized spacial score (nSPS) is 22.2. The van der Waals surface area contributed by atoms with Crippen molar-refractivity contribution in [3.8, 4) is 16.9 Å². The summed E-state index contributed by atoms with van der Waals surface area (Å²) in [5.74, 6) is 0.367. The quantitative estimate of drug-likeness (QED) is 0.281. The minimum Gasteiger partial charge on any atom is -0.496 e. The maximum Gasteiger partial charge on any atom is 0.416 e. The van der Waals surface area contributed by atoms with Crippen molar-refractivity contribution in [2.24, 2.45) is 0 Å². The summed E-state index contributed by atoms with van der Waals surface area (Å²) >= 11 is 6.17. The highest BCUT2D eigenvalue weighted by atomic mass is 35.5. The van der Waals surface area contributed by atoms with Crippen molar-refractivity contribution in [3.05, 3.63) is 76.3 Å². The highest BCUT2D eigenvalue weighted by Crippen LogP contribution is 2.48. The number of nitrogens with zero attached hydrogens (tertiary/aromatic N) is 1. The van der Waals surface area contributed by atoms with Gasteiger partial charge in [-0.3, -0.25) is 4.90 Å². The number of benzene rings is 2. The number of carbonyl (C=O) groups excluding carboxylic acids is 1. The van der Waals surface area contributed by atoms with Crippen LogP contribution in [0.25, 0.3) is 11.1 Å². The Morgan fingerprint density at radius 2 is 1.81 bits per heavy atom. The first-order valence-corrected chi connectivity index (χ1v) is 11.6. The molecule has 1 amide bonds. The molecular weight excluding hydrogens is 524 g/mol. The van der Waals surface area contributed by atoms with Crippen molar-refractivity contribution >= 4 is 17.7 Å². The molecule has 37 heavy (non-hydrogen) atoms. The van der Waals surface area contributed by atoms with E-state index in [2.05, 4.69) is 6.58 Å². The van der Waals surface area contributed by atoms with Crippen molar-refractivity contribution in [1.82, 2.24) is 4.90 Å². The Bertz CT molecular complexity index is 1270. The lowest BCUT2D eigenvalue weighted by molar-refractivity contribution is -0.137. The van der Waals surface area contributed by atoms with E-state index in [1.807, 2.05) is 0 Å². The van der Waals surface area contributed by atoms with Crippen LogP contribution in [0.4, 0.5) is 31.1 Å². The smallest absolute Gasteiger partial charge is 0.416 e. The summed E-state index contributed by atoms with van der Waals surface area (Å²) in [5, 5.41) is 0.331. The number of methoxy groups -OCH3 is 1. The second kappa shape index (κ2) is 9.63. The van der Waals surface area contributed by atoms with E-state index in [-0.39, 0.29) is 17.6 Å². The summed E-state index contributed by atoms with van der Waals surface area (Å²) in [4.78, 5) is 14.2. The molecule has 0 radical (unpaired) electrons. The van der Waals surface area contributed by atoms with Gasteiger partial charge < -0.3 is 9.47 Å². The number of ether oxygens (including phenoxy) is 2. The average molecular weight is 546 g/mol. The zero-order chi connectivity index (χ0) is 27.3. The van der Waals surface area contributed by atoms with Gasteiger partial charge in [0.15, 0.2) is 0 Å². The molecule has 11 heteroatoms. The lowest BCUT2D eigenvalue weighted by Crippen LogP contribution is -2.33. The fourth-order valence-corrected chi connectivity index (χ4v) is 5.11. The minimum atomic E-state index is -4.65. The number of carbonyl (C=O) groups is 1. The van der Waals surface area contributed by atoms with Gasteiger partial charge >= 0.3 is 18.4 Å². The zero-order valence-electron chi connectivity index (χ0n) is 19.7. The maximum absolute atomic E-state index is 13.7. The Morgan fingerprint density at radius 3 is 2.43 bits per heavy atom. The van der Waals surface area contributed by atoms with E-state index in [1.54, 1.807) is 18.2 Å². The van der Waals surface area contributed by atoms with Gasteiger partial charge in [-0.05, 0) is 72.9 Å². The second-order valence-electron chi connectivity index (χ2n) is 8.93. The van der Waals surface area contributed by atoms with Gasteiger partial charge in [0, 0.05) is 16.2 Å². The molecule has 2 heterocycles. The van der Waals surface area contributed by atoms with Crippen LogP contribution in [0.15, 0.2) is 60.2 Å². The molecule has 2 aromatic rings. The highest BCUT2D eigenvalue weighted by molar-refractivity contribution is 6.31. The van der Waals surface area contributed by atoms with Gasteiger partial charge in [-0.1, -0.05) is 24.2 Å². The number of alkyl halides is 6. The first-order chi connectivity index (χ1) is 17.2. The van der Waals surface area contributed by atoms with E-state index in [0.29, 0.717) is 28.3 Å². The van der Waals surface area contributed by atoms with Crippen LogP contribution in [0.5, 0.6) is 5.75 Å². The molecule has 198 valence electrons. The number of cyclic esters (lactones) is 1. The number of rotatable bonds is 5. The van der Waals surface area contributed by atoms with Crippen molar-refractivity contribution in [2.45, 2.75) is 50.3 Å². The van der Waals surface area contributed by atoms with E-state index in [9.17, 15) is 31.1 Å². The molecule has 2 fully saturated rings. The summed E-state index contributed by atoms with van der Waals surface area (Å²) < 4.78 is 90.8. The van der Waals surface area contributed by atoms with E-state index < -0.39 is 47.8 Å². The molecule has 3 atom stereocenters. The monoisotopic (exact) mass is 545 g/mol. The molecule has 0 spiro atoms. The largest absolute Gasteiger partial charge is 0.496 e. The van der Waals surface area contributed by atoms with Crippen molar-refractivity contribution in [1.29, 1.82) is 0 Å². The molecular formula is C26H22ClF6NO3. The summed E-state index contributed by atoms with van der Waals surface area (Å²) in [7, 11) is 1.41. The topological polar surface area (TPSA) is 38.8 Å². The van der Waals surface area contributed by atoms with Crippen LogP contribution < -0.4 is 4.74 Å². The van der Waals surface area contributed by atoms with E-state index in [1.165, 1.54) is 25.0 Å². The molecule has 4 rings (SSSR count). The van der Waals surface area contributed by atoms with Crippen LogP contribution in [-0.2, 0) is 10.9 Å². The van der Waals surface area contributed by atoms with Crippen LogP contribution in [0.1, 0.15) is 36.9 Å². The third-order valence-corrected chi connectivity index (χ3v) is 6.86. The molecule has 4 nitrogen and oxygen atoms in total. The highest BCUT2D eigenvalue weighted by Gasteiger charge is 2.51. The van der Waals surface area contributed by atoms with Gasteiger partial charge in [-0.2, -0.15) is 26.3 Å². The number of allylic oxidation sites excluding steroid dienone is 2. The molecule has 2 aromatic carbocycles. The molecule has 2 aliphatic rings. The molecule has 2 saturated heterocycles. The molecule has 0 saturated carbocycles. The first kappa shape index (κ1) is 26.9. The third-order valence-electron chi connectivity index (χ3n) is 6.62. The van der Waals surface area contributed by atoms with Crippen LogP contribution in [-0.4, -0.2) is 36.4 Å². The fourth-order valence-electron chi connectivity index (χ4n) is 4.94. The second-order valence-corrected chi connectivity index (χ2v) is 9.36. The molecule has 2 aliphatic heterocycles. The first-order valence-electron chi connectivity index (χ1n) is 11.2. The van der Waals surface area contributed by atoms with E-state index >= 15 is 0 Å². The predicted octanol–water partition coefficient (Wildman–Crippen LogP) is 8.12. The number of hydrogen-bond acceptors (Lipinski definition) is 3. The molecule has 3 unspecified atom stereocenters. The Kier molecular flexibility index (Phi) is 7.00.